The third-order valence-electron chi connectivity index (χ3n) is 19.2. The number of aliphatic hydroxyl groups excluding tert-OH is 1. The number of nitrogens with two attached hydrogens (primary N) is 2. The number of halogens is 15. The van der Waals surface area contributed by atoms with Crippen molar-refractivity contribution in [2.75, 3.05) is 37.2 Å². The molecule has 0 radical (unpaired) electrons. The summed E-state index contributed by atoms with van der Waals surface area (Å²) in [5.74, 6) is -7.74. The predicted octanol–water partition coefficient (Wildman–Crippen LogP) is 21.7. The molecule has 0 bridgehead atoms. The molecule has 5 aromatic carbocycles. The van der Waals surface area contributed by atoms with E-state index in [1.165, 1.54) is 54.7 Å². The minimum absolute atomic E-state index is 0. The first-order valence-electron chi connectivity index (χ1n) is 35.8. The SMILES string of the molecule is CCOC(=O)C1=C(OS(=O)(=O)C(F)(F)F)CCCC1.CCOC(=O)C1=C(c2cccc(F)c2F)CCCC1.Cl.Fc1cccc(C2=C(CCl)CCCC2)c1F.N=C(N)SCC1=C(c2cccc(F)c2F)CCCC1.NC1=N[C@@]2(c3cccc(F)c3F)CCCC[C@H]2CS1.OCC1=C(c2cccc(F)c2F)CCCC1. The van der Waals surface area contributed by atoms with Crippen molar-refractivity contribution >= 4 is 102 Å². The molecule has 109 heavy (non-hydrogen) atoms. The van der Waals surface area contributed by atoms with Gasteiger partial charge in [0, 0.05) is 57.2 Å². The molecule has 12 rings (SSSR count). The Bertz CT molecular complexity index is 4250. The van der Waals surface area contributed by atoms with Gasteiger partial charge in [-0.1, -0.05) is 108 Å². The minimum atomic E-state index is -5.74. The van der Waals surface area contributed by atoms with Crippen molar-refractivity contribution in [1.29, 1.82) is 5.41 Å². The lowest BCUT2D eigenvalue weighted by molar-refractivity contribution is -0.139. The van der Waals surface area contributed by atoms with Crippen LogP contribution in [0.1, 0.15) is 196 Å². The Morgan fingerprint density at radius 1 is 0.569 bits per heavy atom. The minimum Gasteiger partial charge on any atom is -0.463 e. The van der Waals surface area contributed by atoms with Gasteiger partial charge in [-0.05, 0) is 213 Å². The highest BCUT2D eigenvalue weighted by atomic mass is 35.5. The lowest BCUT2D eigenvalue weighted by Gasteiger charge is -2.44. The molecule has 6 N–H and O–H groups in total. The molecule has 0 aromatic heterocycles. The number of alkyl halides is 4. The fourth-order valence-corrected chi connectivity index (χ4v) is 16.5. The molecule has 1 fully saturated rings. The van der Waals surface area contributed by atoms with Gasteiger partial charge in [-0.25, -0.2) is 53.5 Å². The molecule has 5 aromatic rings. The molecular formula is C79H89Cl2F13N4O8S3. The van der Waals surface area contributed by atoms with Crippen molar-refractivity contribution in [3.05, 3.63) is 211 Å². The molecular weight excluding hydrogens is 1550 g/mol. The molecule has 0 saturated heterocycles. The Kier molecular flexibility index (Phi) is 36.2. The summed E-state index contributed by atoms with van der Waals surface area (Å²) >= 11 is 8.59. The first-order chi connectivity index (χ1) is 51.5. The van der Waals surface area contributed by atoms with Crippen LogP contribution in [0, 0.1) is 69.5 Å². The number of nitrogens with zero attached hydrogens (tertiary/aromatic N) is 1. The number of aliphatic hydroxyl groups is 1. The number of aliphatic imine (C=N–C) groups is 1. The Morgan fingerprint density at radius 2 is 0.963 bits per heavy atom. The van der Waals surface area contributed by atoms with Crippen LogP contribution in [0.3, 0.4) is 0 Å². The maximum Gasteiger partial charge on any atom is 0.534 e. The molecule has 1 heterocycles. The van der Waals surface area contributed by atoms with Gasteiger partial charge >= 0.3 is 27.6 Å². The molecule has 0 spiro atoms. The summed E-state index contributed by atoms with van der Waals surface area (Å²) in [6.45, 7) is 3.52. The number of rotatable bonds is 15. The van der Waals surface area contributed by atoms with Crippen molar-refractivity contribution in [3.63, 3.8) is 0 Å². The number of amidine groups is 2. The molecule has 2 atom stereocenters. The van der Waals surface area contributed by atoms with Gasteiger partial charge in [-0.15, -0.1) is 24.0 Å². The topological polar surface area (TPSA) is 204 Å². The number of nitrogens with one attached hydrogen (secondary N) is 1. The van der Waals surface area contributed by atoms with Crippen molar-refractivity contribution in [1.82, 2.24) is 0 Å². The summed E-state index contributed by atoms with van der Waals surface area (Å²) in [6, 6.07) is 21.2. The number of carbonyl (C=O) groups excluding carboxylic acids is 2. The molecule has 30 heteroatoms. The number of thioether (sulfide) groups is 2. The Labute approximate surface area is 646 Å². The fraction of sp³-hybridized carbons (Fsp3) is 0.443. The van der Waals surface area contributed by atoms with E-state index in [2.05, 4.69) is 13.9 Å². The van der Waals surface area contributed by atoms with Crippen LogP contribution in [-0.2, 0) is 38.9 Å². The van der Waals surface area contributed by atoms with Crippen LogP contribution in [0.5, 0.6) is 0 Å². The van der Waals surface area contributed by atoms with Gasteiger partial charge in [0.15, 0.2) is 68.5 Å². The Morgan fingerprint density at radius 3 is 1.43 bits per heavy atom. The van der Waals surface area contributed by atoms with Crippen molar-refractivity contribution in [2.45, 2.75) is 179 Å². The summed E-state index contributed by atoms with van der Waals surface area (Å²) in [5, 5.41) is 17.0. The van der Waals surface area contributed by atoms with Crippen molar-refractivity contribution < 1.29 is 93.8 Å². The van der Waals surface area contributed by atoms with E-state index in [1.54, 1.807) is 43.3 Å². The molecule has 0 unspecified atom stereocenters. The van der Waals surface area contributed by atoms with E-state index >= 15 is 0 Å². The average Bonchev–Trinajstić information content (AvgIpc) is 0.749. The maximum atomic E-state index is 14.2. The highest BCUT2D eigenvalue weighted by Crippen LogP contribution is 2.50. The molecule has 0 amide bonds. The standard InChI is InChI=1S/C15H16F2O2.2C14H16F2N2S.C13H13ClF2.C13H14F2O.C10H13F3O5S.ClH/c1-2-19-15(18)12-7-4-3-6-10(12)11-8-5-9-13(16)14(11)17;15-11-6-3-5-10(12(11)16)14-7-2-1-4-9(14)8-19-13(17)18-14;15-12-7-3-6-11(13(12)16)10-5-2-1-4-9(10)8-19-14(17)18;14-8-9-4-1-2-5-10(9)11-6-3-7-12(15)13(11)16;14-12-7-3-6-11(13(12)15)10-5-2-1-4-9(10)8-16;1-2-17-9(14)7-5-3-4-6-8(7)18-19(15,16)10(11,12)13;/h5,8-9H,2-4,6-7H2,1H3;3,5-6,9H,1-2,4,7-8H2,(H2,17,18);3,6-7H,1-2,4-5,8H2,(H3,17,18);3,6-7H,1-2,4-5,8H2;3,6-7,16H,1-2,4-5,8H2;2-6H2,1H3;1H/t;9-,14-;;;;;/m.0...../s1. The van der Waals surface area contributed by atoms with E-state index in [0.717, 1.165) is 185 Å². The van der Waals surface area contributed by atoms with E-state index in [1.807, 2.05) is 0 Å². The normalized spacial score (nSPS) is 18.7. The number of hydrogen-bond acceptors (Lipinski definition) is 13. The Hall–Kier alpha value is -7.24. The number of benzene rings is 5. The summed E-state index contributed by atoms with van der Waals surface area (Å²) in [6.07, 6.45) is 18.8. The highest BCUT2D eigenvalue weighted by Gasteiger charge is 2.50. The van der Waals surface area contributed by atoms with E-state index in [-0.39, 0.29) is 67.3 Å². The number of hydrogen-bond donors (Lipinski definition) is 4. The largest absolute Gasteiger partial charge is 0.534 e. The monoisotopic (exact) mass is 1630 g/mol. The van der Waals surface area contributed by atoms with Crippen LogP contribution in [0.25, 0.3) is 22.3 Å². The molecule has 6 aliphatic carbocycles. The molecule has 7 aliphatic rings. The predicted molar refractivity (Wildman–Crippen MR) is 405 cm³/mol. The second kappa shape index (κ2) is 43.5. The Balaban J connectivity index is 0.000000204. The van der Waals surface area contributed by atoms with Gasteiger partial charge in [0.05, 0.1) is 30.9 Å². The zero-order valence-corrected chi connectivity index (χ0v) is 64.3. The number of carbonyl (C=O) groups is 2. The maximum absolute atomic E-state index is 14.2. The van der Waals surface area contributed by atoms with Crippen LogP contribution in [0.4, 0.5) is 57.1 Å². The van der Waals surface area contributed by atoms with E-state index in [0.29, 0.717) is 75.9 Å². The van der Waals surface area contributed by atoms with Crippen molar-refractivity contribution in [3.8, 4) is 0 Å². The summed E-state index contributed by atoms with van der Waals surface area (Å²) in [4.78, 5) is 27.9. The zero-order valence-electron chi connectivity index (χ0n) is 60.3. The van der Waals surface area contributed by atoms with Crippen molar-refractivity contribution in [2.24, 2.45) is 22.4 Å². The third-order valence-corrected chi connectivity index (χ3v) is 22.3. The number of esters is 2. The zero-order chi connectivity index (χ0) is 78.9. The fourth-order valence-electron chi connectivity index (χ4n) is 14.0. The second-order valence-electron chi connectivity index (χ2n) is 26.1. The van der Waals surface area contributed by atoms with E-state index < -0.39 is 97.0 Å². The van der Waals surface area contributed by atoms with Crippen LogP contribution in [-0.4, -0.2) is 78.5 Å². The first kappa shape index (κ1) is 90.6. The van der Waals surface area contributed by atoms with Gasteiger partial charge in [0.2, 0.25) is 0 Å². The number of allylic oxidation sites excluding steroid dienone is 6. The quantitative estimate of drug-likeness (QED) is 0.0147. The van der Waals surface area contributed by atoms with Gasteiger partial charge in [0.1, 0.15) is 5.76 Å². The highest BCUT2D eigenvalue weighted by molar-refractivity contribution is 8.14. The van der Waals surface area contributed by atoms with Crippen LogP contribution < -0.4 is 11.5 Å². The molecule has 12 nitrogen and oxygen atoms in total. The van der Waals surface area contributed by atoms with E-state index in [9.17, 15) is 80.2 Å². The van der Waals surface area contributed by atoms with Gasteiger partial charge < -0.3 is 30.2 Å². The lowest BCUT2D eigenvalue weighted by atomic mass is 9.69. The summed E-state index contributed by atoms with van der Waals surface area (Å²) in [5.41, 5.74) is 13.1. The van der Waals surface area contributed by atoms with Crippen LogP contribution in [0.15, 0.2) is 130 Å². The summed E-state index contributed by atoms with van der Waals surface area (Å²) in [7, 11) is -5.74. The van der Waals surface area contributed by atoms with E-state index in [4.69, 9.17) is 33.2 Å². The first-order valence-corrected chi connectivity index (χ1v) is 39.7. The second-order valence-corrected chi connectivity index (χ2v) is 30.0. The number of fused-ring (bicyclic) bond motifs is 1. The molecule has 1 aliphatic heterocycles. The van der Waals surface area contributed by atoms with Gasteiger partial charge in [-0.3, -0.25) is 10.4 Å². The third kappa shape index (κ3) is 24.4. The van der Waals surface area contributed by atoms with Gasteiger partial charge in [-0.2, -0.15) is 21.6 Å². The molecule has 596 valence electrons. The summed E-state index contributed by atoms with van der Waals surface area (Å²) < 4.78 is 208. The number of ether oxygens (including phenoxy) is 2. The van der Waals surface area contributed by atoms with Crippen LogP contribution in [0.2, 0.25) is 0 Å². The lowest BCUT2D eigenvalue weighted by Crippen LogP contribution is -2.43. The smallest absolute Gasteiger partial charge is 0.463 e. The average molecular weight is 1640 g/mol. The van der Waals surface area contributed by atoms with Crippen LogP contribution >= 0.6 is 47.5 Å². The van der Waals surface area contributed by atoms with Gasteiger partial charge in [0.25, 0.3) is 0 Å². The molecule has 1 saturated carbocycles.